The summed E-state index contributed by atoms with van der Waals surface area (Å²) in [5.41, 5.74) is 4.25. The monoisotopic (exact) mass is 381 g/mol. The van der Waals surface area contributed by atoms with E-state index in [1.54, 1.807) is 4.90 Å². The number of carbonyl (C=O) groups is 1. The molecule has 2 heterocycles. The highest BCUT2D eigenvalue weighted by molar-refractivity contribution is 5.79. The third-order valence-corrected chi connectivity index (χ3v) is 5.49. The summed E-state index contributed by atoms with van der Waals surface area (Å²) in [6, 6.07) is 9.84. The van der Waals surface area contributed by atoms with Gasteiger partial charge in [-0.05, 0) is 50.8 Å². The van der Waals surface area contributed by atoms with Gasteiger partial charge in [0.15, 0.2) is 0 Å². The number of furan rings is 1. The van der Waals surface area contributed by atoms with Crippen molar-refractivity contribution in [3.63, 3.8) is 0 Å². The van der Waals surface area contributed by atoms with Crippen LogP contribution in [0.5, 0.6) is 0 Å². The standard InChI is InChI=1S/C23H31N3O2/c1-15(2)14-26-17(4)20(16(3)24-26)11-12-23(27)25(6)18(5)22-13-19-9-7-8-10-21(19)28-22/h7-10,13,15,18H,11-12,14H2,1-6H3. The number of hydrogen-bond acceptors (Lipinski definition) is 3. The Morgan fingerprint density at radius 1 is 1.21 bits per heavy atom. The van der Waals surface area contributed by atoms with Crippen molar-refractivity contribution in [1.82, 2.24) is 14.7 Å². The number of nitrogens with zero attached hydrogens (tertiary/aromatic N) is 3. The molecule has 1 unspecified atom stereocenters. The molecule has 3 rings (SSSR count). The number of carbonyl (C=O) groups excluding carboxylic acids is 1. The third-order valence-electron chi connectivity index (χ3n) is 5.49. The minimum atomic E-state index is -0.106. The van der Waals surface area contributed by atoms with E-state index in [1.807, 2.05) is 51.2 Å². The highest BCUT2D eigenvalue weighted by atomic mass is 16.3. The van der Waals surface area contributed by atoms with E-state index in [9.17, 15) is 4.79 Å². The summed E-state index contributed by atoms with van der Waals surface area (Å²) in [6.07, 6.45) is 1.18. The summed E-state index contributed by atoms with van der Waals surface area (Å²) in [5, 5.41) is 5.72. The zero-order chi connectivity index (χ0) is 20.4. The highest BCUT2D eigenvalue weighted by Gasteiger charge is 2.22. The summed E-state index contributed by atoms with van der Waals surface area (Å²) in [4.78, 5) is 14.6. The first kappa shape index (κ1) is 20.2. The molecular weight excluding hydrogens is 350 g/mol. The minimum Gasteiger partial charge on any atom is -0.459 e. The van der Waals surface area contributed by atoms with Crippen LogP contribution in [-0.4, -0.2) is 27.6 Å². The molecule has 1 amide bonds. The quantitative estimate of drug-likeness (QED) is 0.575. The Hall–Kier alpha value is -2.56. The summed E-state index contributed by atoms with van der Waals surface area (Å²) >= 11 is 0. The van der Waals surface area contributed by atoms with Crippen LogP contribution >= 0.6 is 0 Å². The van der Waals surface area contributed by atoms with E-state index in [0.29, 0.717) is 18.8 Å². The molecule has 0 N–H and O–H groups in total. The lowest BCUT2D eigenvalue weighted by Crippen LogP contribution is -2.29. The van der Waals surface area contributed by atoms with Gasteiger partial charge in [0.05, 0.1) is 11.7 Å². The van der Waals surface area contributed by atoms with Crippen molar-refractivity contribution in [1.29, 1.82) is 0 Å². The molecule has 5 heteroatoms. The second-order valence-electron chi connectivity index (χ2n) is 8.09. The van der Waals surface area contributed by atoms with Gasteiger partial charge in [-0.3, -0.25) is 9.48 Å². The van der Waals surface area contributed by atoms with Gasteiger partial charge >= 0.3 is 0 Å². The normalized spacial score (nSPS) is 12.7. The van der Waals surface area contributed by atoms with Crippen molar-refractivity contribution in [2.24, 2.45) is 5.92 Å². The molecule has 0 aliphatic heterocycles. The van der Waals surface area contributed by atoms with E-state index in [1.165, 1.54) is 11.3 Å². The molecule has 0 aliphatic carbocycles. The first-order valence-corrected chi connectivity index (χ1v) is 10.0. The number of hydrogen-bond donors (Lipinski definition) is 0. The first-order chi connectivity index (χ1) is 13.3. The fourth-order valence-electron chi connectivity index (χ4n) is 3.64. The first-order valence-electron chi connectivity index (χ1n) is 10.0. The largest absolute Gasteiger partial charge is 0.459 e. The molecule has 0 saturated heterocycles. The van der Waals surface area contributed by atoms with Crippen LogP contribution in [0.4, 0.5) is 0 Å². The van der Waals surface area contributed by atoms with Crippen LogP contribution in [0.15, 0.2) is 34.7 Å². The fourth-order valence-corrected chi connectivity index (χ4v) is 3.64. The lowest BCUT2D eigenvalue weighted by atomic mass is 10.1. The molecule has 0 saturated carbocycles. The summed E-state index contributed by atoms with van der Waals surface area (Å²) in [5.74, 6) is 1.47. The lowest BCUT2D eigenvalue weighted by molar-refractivity contribution is -0.132. The van der Waals surface area contributed by atoms with E-state index >= 15 is 0 Å². The van der Waals surface area contributed by atoms with Crippen molar-refractivity contribution < 1.29 is 9.21 Å². The molecule has 150 valence electrons. The smallest absolute Gasteiger partial charge is 0.223 e. The van der Waals surface area contributed by atoms with Crippen LogP contribution < -0.4 is 0 Å². The summed E-state index contributed by atoms with van der Waals surface area (Å²) < 4.78 is 8.01. The molecule has 0 bridgehead atoms. The SMILES string of the molecule is Cc1nn(CC(C)C)c(C)c1CCC(=O)N(C)C(C)c1cc2ccccc2o1. The van der Waals surface area contributed by atoms with Crippen LogP contribution in [0.1, 0.15) is 55.9 Å². The van der Waals surface area contributed by atoms with Gasteiger partial charge in [-0.2, -0.15) is 5.10 Å². The average molecular weight is 382 g/mol. The van der Waals surface area contributed by atoms with Crippen LogP contribution in [0.3, 0.4) is 0 Å². The van der Waals surface area contributed by atoms with E-state index < -0.39 is 0 Å². The summed E-state index contributed by atoms with van der Waals surface area (Å²) in [6.45, 7) is 11.4. The molecule has 5 nitrogen and oxygen atoms in total. The Balaban J connectivity index is 1.66. The number of aromatic nitrogens is 2. The maximum atomic E-state index is 12.8. The van der Waals surface area contributed by atoms with Gasteiger partial charge in [0.1, 0.15) is 11.3 Å². The van der Waals surface area contributed by atoms with Crippen molar-refractivity contribution in [3.05, 3.63) is 53.0 Å². The predicted molar refractivity (Wildman–Crippen MR) is 112 cm³/mol. The van der Waals surface area contributed by atoms with Gasteiger partial charge in [-0.1, -0.05) is 32.0 Å². The number of amides is 1. The Kier molecular flexibility index (Phi) is 5.92. The molecule has 0 spiro atoms. The molecule has 28 heavy (non-hydrogen) atoms. The van der Waals surface area contributed by atoms with E-state index in [0.717, 1.165) is 29.0 Å². The van der Waals surface area contributed by atoms with Crippen molar-refractivity contribution in [3.8, 4) is 0 Å². The van der Waals surface area contributed by atoms with Crippen LogP contribution in [-0.2, 0) is 17.8 Å². The van der Waals surface area contributed by atoms with Crippen LogP contribution in [0, 0.1) is 19.8 Å². The number of rotatable bonds is 7. The van der Waals surface area contributed by atoms with Crippen LogP contribution in [0.2, 0.25) is 0 Å². The average Bonchev–Trinajstić information content (AvgIpc) is 3.19. The summed E-state index contributed by atoms with van der Waals surface area (Å²) in [7, 11) is 1.85. The predicted octanol–water partition coefficient (Wildman–Crippen LogP) is 5.05. The molecule has 3 aromatic rings. The van der Waals surface area contributed by atoms with E-state index in [2.05, 4.69) is 30.6 Å². The van der Waals surface area contributed by atoms with Gasteiger partial charge in [-0.15, -0.1) is 0 Å². The highest BCUT2D eigenvalue weighted by Crippen LogP contribution is 2.27. The molecule has 0 radical (unpaired) electrons. The number of fused-ring (bicyclic) bond motifs is 1. The lowest BCUT2D eigenvalue weighted by Gasteiger charge is -2.23. The molecule has 0 fully saturated rings. The van der Waals surface area contributed by atoms with E-state index in [-0.39, 0.29) is 11.9 Å². The minimum absolute atomic E-state index is 0.106. The van der Waals surface area contributed by atoms with E-state index in [4.69, 9.17) is 4.42 Å². The topological polar surface area (TPSA) is 51.3 Å². The van der Waals surface area contributed by atoms with Crippen molar-refractivity contribution in [2.75, 3.05) is 7.05 Å². The number of para-hydroxylation sites is 1. The Morgan fingerprint density at radius 3 is 2.61 bits per heavy atom. The van der Waals surface area contributed by atoms with Gasteiger partial charge in [0, 0.05) is 31.1 Å². The fraction of sp³-hybridized carbons (Fsp3) is 0.478. The van der Waals surface area contributed by atoms with Crippen molar-refractivity contribution in [2.45, 2.75) is 60.0 Å². The molecule has 2 aromatic heterocycles. The van der Waals surface area contributed by atoms with Gasteiger partial charge in [0.25, 0.3) is 0 Å². The number of benzene rings is 1. The molecule has 1 atom stereocenters. The zero-order valence-electron chi connectivity index (χ0n) is 17.8. The molecule has 0 aliphatic rings. The zero-order valence-corrected chi connectivity index (χ0v) is 17.8. The molecular formula is C23H31N3O2. The van der Waals surface area contributed by atoms with Crippen molar-refractivity contribution >= 4 is 16.9 Å². The van der Waals surface area contributed by atoms with Gasteiger partial charge in [-0.25, -0.2) is 0 Å². The second kappa shape index (κ2) is 8.21. The third kappa shape index (κ3) is 4.13. The van der Waals surface area contributed by atoms with Gasteiger partial charge in [0.2, 0.25) is 5.91 Å². The maximum absolute atomic E-state index is 12.8. The maximum Gasteiger partial charge on any atom is 0.223 e. The number of aryl methyl sites for hydroxylation is 1. The Morgan fingerprint density at radius 2 is 1.93 bits per heavy atom. The second-order valence-corrected chi connectivity index (χ2v) is 8.09. The van der Waals surface area contributed by atoms with Crippen LogP contribution in [0.25, 0.3) is 11.0 Å². The van der Waals surface area contributed by atoms with Gasteiger partial charge < -0.3 is 9.32 Å². The Bertz CT molecular complexity index is 935. The molecule has 1 aromatic carbocycles. The Labute approximate surface area is 167 Å².